The van der Waals surface area contributed by atoms with Gasteiger partial charge in [0.1, 0.15) is 11.5 Å². The van der Waals surface area contributed by atoms with Crippen LogP contribution in [0.1, 0.15) is 19.3 Å². The highest BCUT2D eigenvalue weighted by Crippen LogP contribution is 2.31. The van der Waals surface area contributed by atoms with Gasteiger partial charge in [0, 0.05) is 24.0 Å². The Bertz CT molecular complexity index is 619. The lowest BCUT2D eigenvalue weighted by molar-refractivity contribution is 0.0314. The fourth-order valence-electron chi connectivity index (χ4n) is 2.42. The number of nitrogens with zero attached hydrogens (tertiary/aromatic N) is 2. The van der Waals surface area contributed by atoms with Gasteiger partial charge in [-0.3, -0.25) is 0 Å². The largest absolute Gasteiger partial charge is 0.497 e. The maximum atomic E-state index is 5.73. The molecule has 2 aromatic rings. The predicted octanol–water partition coefficient (Wildman–Crippen LogP) is 3.42. The molecule has 0 spiro atoms. The molecule has 1 atom stereocenters. The third kappa shape index (κ3) is 4.17. The SMILES string of the molecule is COc1cc(OC)cc(-c2nnc(SCC3CCCCO3)o2)c1. The summed E-state index contributed by atoms with van der Waals surface area (Å²) in [5.74, 6) is 2.65. The first-order chi connectivity index (χ1) is 11.3. The average molecular weight is 336 g/mol. The summed E-state index contributed by atoms with van der Waals surface area (Å²) in [6, 6.07) is 5.49. The van der Waals surface area contributed by atoms with Crippen molar-refractivity contribution in [2.45, 2.75) is 30.6 Å². The molecule has 1 saturated heterocycles. The molecule has 7 heteroatoms. The van der Waals surface area contributed by atoms with E-state index in [0.29, 0.717) is 22.6 Å². The van der Waals surface area contributed by atoms with Crippen LogP contribution >= 0.6 is 11.8 Å². The Morgan fingerprint density at radius 2 is 1.91 bits per heavy atom. The third-order valence-corrected chi connectivity index (χ3v) is 4.62. The molecule has 2 heterocycles. The van der Waals surface area contributed by atoms with Crippen LogP contribution in [-0.4, -0.2) is 42.9 Å². The van der Waals surface area contributed by atoms with Crippen LogP contribution in [0.4, 0.5) is 0 Å². The van der Waals surface area contributed by atoms with Crippen LogP contribution in [0.3, 0.4) is 0 Å². The fraction of sp³-hybridized carbons (Fsp3) is 0.500. The maximum absolute atomic E-state index is 5.73. The van der Waals surface area contributed by atoms with E-state index in [1.807, 2.05) is 12.1 Å². The summed E-state index contributed by atoms with van der Waals surface area (Å²) in [6.07, 6.45) is 3.76. The van der Waals surface area contributed by atoms with Gasteiger partial charge in [-0.25, -0.2) is 0 Å². The van der Waals surface area contributed by atoms with Crippen molar-refractivity contribution in [3.05, 3.63) is 18.2 Å². The molecule has 1 aromatic heterocycles. The summed E-state index contributed by atoms with van der Waals surface area (Å²) in [7, 11) is 3.22. The van der Waals surface area contributed by atoms with Crippen molar-refractivity contribution in [1.29, 1.82) is 0 Å². The highest BCUT2D eigenvalue weighted by molar-refractivity contribution is 7.99. The molecule has 3 rings (SSSR count). The van der Waals surface area contributed by atoms with Gasteiger partial charge in [0.2, 0.25) is 5.89 Å². The Hall–Kier alpha value is -1.73. The summed E-state index contributed by atoms with van der Waals surface area (Å²) in [5.41, 5.74) is 0.773. The Morgan fingerprint density at radius 3 is 2.57 bits per heavy atom. The second-order valence-corrected chi connectivity index (χ2v) is 6.25. The van der Waals surface area contributed by atoms with E-state index in [9.17, 15) is 0 Å². The number of hydrogen-bond acceptors (Lipinski definition) is 7. The van der Waals surface area contributed by atoms with Gasteiger partial charge in [-0.15, -0.1) is 10.2 Å². The van der Waals surface area contributed by atoms with Crippen LogP contribution in [0.15, 0.2) is 27.8 Å². The van der Waals surface area contributed by atoms with Crippen LogP contribution in [0.5, 0.6) is 11.5 Å². The number of hydrogen-bond donors (Lipinski definition) is 0. The Balaban J connectivity index is 1.68. The summed E-state index contributed by atoms with van der Waals surface area (Å²) >= 11 is 1.53. The van der Waals surface area contributed by atoms with Crippen molar-refractivity contribution < 1.29 is 18.6 Å². The molecule has 23 heavy (non-hydrogen) atoms. The van der Waals surface area contributed by atoms with Crippen LogP contribution in [0.2, 0.25) is 0 Å². The van der Waals surface area contributed by atoms with Gasteiger partial charge in [-0.2, -0.15) is 0 Å². The van der Waals surface area contributed by atoms with E-state index < -0.39 is 0 Å². The minimum atomic E-state index is 0.279. The predicted molar refractivity (Wildman–Crippen MR) is 87.2 cm³/mol. The van der Waals surface area contributed by atoms with Crippen LogP contribution in [0, 0.1) is 0 Å². The minimum Gasteiger partial charge on any atom is -0.497 e. The van der Waals surface area contributed by atoms with E-state index in [1.165, 1.54) is 18.2 Å². The molecule has 0 aliphatic carbocycles. The number of aromatic nitrogens is 2. The van der Waals surface area contributed by atoms with Crippen molar-refractivity contribution in [3.63, 3.8) is 0 Å². The monoisotopic (exact) mass is 336 g/mol. The van der Waals surface area contributed by atoms with E-state index in [2.05, 4.69) is 10.2 Å². The normalized spacial score (nSPS) is 17.9. The van der Waals surface area contributed by atoms with Gasteiger partial charge >= 0.3 is 0 Å². The first kappa shape index (κ1) is 16.1. The highest BCUT2D eigenvalue weighted by atomic mass is 32.2. The van der Waals surface area contributed by atoms with E-state index >= 15 is 0 Å². The standard InChI is InChI=1S/C16H20N2O4S/c1-19-13-7-11(8-14(9-13)20-2)15-17-18-16(22-15)23-10-12-5-3-4-6-21-12/h7-9,12H,3-6,10H2,1-2H3. The molecular formula is C16H20N2O4S. The molecule has 1 aromatic carbocycles. The number of methoxy groups -OCH3 is 2. The molecule has 0 N–H and O–H groups in total. The van der Waals surface area contributed by atoms with Crippen molar-refractivity contribution in [1.82, 2.24) is 10.2 Å². The zero-order valence-corrected chi connectivity index (χ0v) is 14.1. The number of ether oxygens (including phenoxy) is 3. The first-order valence-electron chi connectivity index (χ1n) is 7.60. The van der Waals surface area contributed by atoms with Gasteiger partial charge in [0.15, 0.2) is 0 Å². The van der Waals surface area contributed by atoms with E-state index in [0.717, 1.165) is 30.8 Å². The van der Waals surface area contributed by atoms with Crippen molar-refractivity contribution in [3.8, 4) is 23.0 Å². The van der Waals surface area contributed by atoms with Crippen molar-refractivity contribution in [2.75, 3.05) is 26.6 Å². The minimum absolute atomic E-state index is 0.279. The number of thioether (sulfide) groups is 1. The summed E-state index contributed by atoms with van der Waals surface area (Å²) < 4.78 is 22.0. The lowest BCUT2D eigenvalue weighted by Gasteiger charge is -2.21. The molecule has 124 valence electrons. The number of benzene rings is 1. The Labute approximate surface area is 139 Å². The lowest BCUT2D eigenvalue weighted by atomic mass is 10.1. The molecule has 1 aliphatic heterocycles. The first-order valence-corrected chi connectivity index (χ1v) is 8.58. The van der Waals surface area contributed by atoms with Gasteiger partial charge in [0.25, 0.3) is 5.22 Å². The topological polar surface area (TPSA) is 66.6 Å². The second-order valence-electron chi connectivity index (χ2n) is 5.27. The molecule has 0 amide bonds. The van der Waals surface area contributed by atoms with E-state index in [1.54, 1.807) is 20.3 Å². The van der Waals surface area contributed by atoms with E-state index in [4.69, 9.17) is 18.6 Å². The van der Waals surface area contributed by atoms with Gasteiger partial charge in [-0.05, 0) is 31.4 Å². The summed E-state index contributed by atoms with van der Waals surface area (Å²) in [4.78, 5) is 0. The summed E-state index contributed by atoms with van der Waals surface area (Å²) in [6.45, 7) is 0.851. The maximum Gasteiger partial charge on any atom is 0.276 e. The van der Waals surface area contributed by atoms with Crippen LogP contribution in [0.25, 0.3) is 11.5 Å². The summed E-state index contributed by atoms with van der Waals surface area (Å²) in [5, 5.41) is 8.76. The Morgan fingerprint density at radius 1 is 1.13 bits per heavy atom. The molecule has 0 bridgehead atoms. The van der Waals surface area contributed by atoms with Gasteiger partial charge in [-0.1, -0.05) is 11.8 Å². The van der Waals surface area contributed by atoms with Crippen molar-refractivity contribution >= 4 is 11.8 Å². The molecular weight excluding hydrogens is 316 g/mol. The molecule has 1 unspecified atom stereocenters. The molecule has 6 nitrogen and oxygen atoms in total. The molecule has 1 aliphatic rings. The van der Waals surface area contributed by atoms with Crippen LogP contribution < -0.4 is 9.47 Å². The van der Waals surface area contributed by atoms with E-state index in [-0.39, 0.29) is 6.10 Å². The Kier molecular flexibility index (Phi) is 5.40. The zero-order chi connectivity index (χ0) is 16.1. The molecule has 1 fully saturated rings. The second kappa shape index (κ2) is 7.70. The molecule has 0 saturated carbocycles. The average Bonchev–Trinajstić information content (AvgIpc) is 3.09. The smallest absolute Gasteiger partial charge is 0.276 e. The quantitative estimate of drug-likeness (QED) is 0.749. The van der Waals surface area contributed by atoms with Crippen LogP contribution in [-0.2, 0) is 4.74 Å². The van der Waals surface area contributed by atoms with Gasteiger partial charge < -0.3 is 18.6 Å². The number of rotatable bonds is 6. The lowest BCUT2D eigenvalue weighted by Crippen LogP contribution is -2.21. The fourth-order valence-corrected chi connectivity index (χ4v) is 3.25. The molecule has 0 radical (unpaired) electrons. The third-order valence-electron chi connectivity index (χ3n) is 3.67. The zero-order valence-electron chi connectivity index (χ0n) is 13.3. The van der Waals surface area contributed by atoms with Crippen molar-refractivity contribution in [2.24, 2.45) is 0 Å². The van der Waals surface area contributed by atoms with Gasteiger partial charge in [0.05, 0.1) is 20.3 Å². The highest BCUT2D eigenvalue weighted by Gasteiger charge is 2.17.